The van der Waals surface area contributed by atoms with Crippen molar-refractivity contribution in [3.63, 3.8) is 0 Å². The van der Waals surface area contributed by atoms with Crippen LogP contribution in [0.15, 0.2) is 0 Å². The minimum absolute atomic E-state index is 0.689. The molecular weight excluding hydrogens is 184 g/mol. The van der Waals surface area contributed by atoms with E-state index < -0.39 is 0 Å². The predicted octanol–water partition coefficient (Wildman–Crippen LogP) is 2.25. The van der Waals surface area contributed by atoms with Gasteiger partial charge in [-0.15, -0.1) is 0 Å². The third-order valence-corrected chi connectivity index (χ3v) is 3.63. The van der Waals surface area contributed by atoms with E-state index in [9.17, 15) is 0 Å². The van der Waals surface area contributed by atoms with E-state index in [-0.39, 0.29) is 0 Å². The monoisotopic (exact) mass is 210 g/mol. The van der Waals surface area contributed by atoms with Gasteiger partial charge >= 0.3 is 0 Å². The Balaban J connectivity index is 1.67. The third kappa shape index (κ3) is 3.46. The Morgan fingerprint density at radius 3 is 2.53 bits per heavy atom. The second kappa shape index (κ2) is 4.84. The van der Waals surface area contributed by atoms with E-state index in [0.717, 1.165) is 18.0 Å². The summed E-state index contributed by atoms with van der Waals surface area (Å²) >= 11 is 0. The fourth-order valence-electron chi connectivity index (χ4n) is 2.87. The Bertz CT molecular complexity index is 199. The molecule has 0 aromatic rings. The van der Waals surface area contributed by atoms with E-state index >= 15 is 0 Å². The number of likely N-dealkylation sites (tertiary alicyclic amines) is 1. The number of hydrogen-bond acceptors (Lipinski definition) is 2. The molecule has 1 saturated carbocycles. The summed E-state index contributed by atoms with van der Waals surface area (Å²) in [7, 11) is 0. The van der Waals surface area contributed by atoms with Crippen LogP contribution in [0.3, 0.4) is 0 Å². The van der Waals surface area contributed by atoms with Crippen molar-refractivity contribution in [2.75, 3.05) is 13.1 Å². The molecule has 0 aromatic carbocycles. The Morgan fingerprint density at radius 2 is 1.93 bits per heavy atom. The molecule has 0 bridgehead atoms. The van der Waals surface area contributed by atoms with Crippen LogP contribution >= 0.6 is 0 Å². The highest BCUT2D eigenvalue weighted by Gasteiger charge is 2.34. The molecule has 88 valence electrons. The smallest absolute Gasteiger partial charge is 0.0209 e. The van der Waals surface area contributed by atoms with Gasteiger partial charge in [0, 0.05) is 31.2 Å². The SMILES string of the molecule is CC(C)CC(C)NC1CCN(C2CC2)C1. The molecule has 2 atom stereocenters. The summed E-state index contributed by atoms with van der Waals surface area (Å²) < 4.78 is 0. The van der Waals surface area contributed by atoms with Crippen LogP contribution in [-0.2, 0) is 0 Å². The van der Waals surface area contributed by atoms with Crippen LogP contribution in [0, 0.1) is 5.92 Å². The van der Waals surface area contributed by atoms with Gasteiger partial charge in [-0.05, 0) is 38.5 Å². The lowest BCUT2D eigenvalue weighted by atomic mass is 10.0. The zero-order valence-electron chi connectivity index (χ0n) is 10.5. The Labute approximate surface area is 94.4 Å². The van der Waals surface area contributed by atoms with Crippen LogP contribution in [0.4, 0.5) is 0 Å². The van der Waals surface area contributed by atoms with Gasteiger partial charge in [0.05, 0.1) is 0 Å². The third-order valence-electron chi connectivity index (χ3n) is 3.63. The summed E-state index contributed by atoms with van der Waals surface area (Å²) in [4.78, 5) is 2.68. The minimum Gasteiger partial charge on any atom is -0.310 e. The van der Waals surface area contributed by atoms with Crippen LogP contribution in [0.2, 0.25) is 0 Å². The van der Waals surface area contributed by atoms with Crippen LogP contribution in [-0.4, -0.2) is 36.1 Å². The van der Waals surface area contributed by atoms with Gasteiger partial charge in [-0.3, -0.25) is 4.90 Å². The van der Waals surface area contributed by atoms with Crippen molar-refractivity contribution in [1.29, 1.82) is 0 Å². The largest absolute Gasteiger partial charge is 0.310 e. The van der Waals surface area contributed by atoms with Crippen LogP contribution in [0.5, 0.6) is 0 Å². The molecular formula is C13H26N2. The molecule has 0 spiro atoms. The first kappa shape index (κ1) is 11.4. The molecule has 0 radical (unpaired) electrons. The summed E-state index contributed by atoms with van der Waals surface area (Å²) in [6.45, 7) is 9.58. The molecule has 2 heteroatoms. The molecule has 2 nitrogen and oxygen atoms in total. The van der Waals surface area contributed by atoms with Crippen molar-refractivity contribution in [2.24, 2.45) is 5.92 Å². The summed E-state index contributed by atoms with van der Waals surface area (Å²) in [5.74, 6) is 0.813. The molecule has 1 aliphatic heterocycles. The first-order valence-electron chi connectivity index (χ1n) is 6.65. The quantitative estimate of drug-likeness (QED) is 0.749. The van der Waals surface area contributed by atoms with Gasteiger partial charge in [0.25, 0.3) is 0 Å². The van der Waals surface area contributed by atoms with Gasteiger partial charge in [-0.1, -0.05) is 13.8 Å². The Hall–Kier alpha value is -0.0800. The van der Waals surface area contributed by atoms with Gasteiger partial charge < -0.3 is 5.32 Å². The van der Waals surface area contributed by atoms with Crippen molar-refractivity contribution in [3.05, 3.63) is 0 Å². The number of hydrogen-bond donors (Lipinski definition) is 1. The van der Waals surface area contributed by atoms with E-state index in [2.05, 4.69) is 31.0 Å². The average molecular weight is 210 g/mol. The maximum Gasteiger partial charge on any atom is 0.0209 e. The maximum absolute atomic E-state index is 3.78. The first-order valence-corrected chi connectivity index (χ1v) is 6.65. The normalized spacial score (nSPS) is 30.0. The fourth-order valence-corrected chi connectivity index (χ4v) is 2.87. The van der Waals surface area contributed by atoms with E-state index in [4.69, 9.17) is 0 Å². The van der Waals surface area contributed by atoms with Crippen molar-refractivity contribution >= 4 is 0 Å². The van der Waals surface area contributed by atoms with Crippen LogP contribution < -0.4 is 5.32 Å². The molecule has 15 heavy (non-hydrogen) atoms. The fraction of sp³-hybridized carbons (Fsp3) is 1.00. The highest BCUT2D eigenvalue weighted by atomic mass is 15.2. The van der Waals surface area contributed by atoms with Gasteiger partial charge in [0.1, 0.15) is 0 Å². The van der Waals surface area contributed by atoms with Gasteiger partial charge in [-0.25, -0.2) is 0 Å². The first-order chi connectivity index (χ1) is 7.15. The lowest BCUT2D eigenvalue weighted by Crippen LogP contribution is -2.39. The number of nitrogens with one attached hydrogen (secondary N) is 1. The van der Waals surface area contributed by atoms with Crippen molar-refractivity contribution < 1.29 is 0 Å². The van der Waals surface area contributed by atoms with Gasteiger partial charge in [0.2, 0.25) is 0 Å². The molecule has 2 fully saturated rings. The summed E-state index contributed by atoms with van der Waals surface area (Å²) in [5.41, 5.74) is 0. The maximum atomic E-state index is 3.78. The van der Waals surface area contributed by atoms with E-state index in [1.807, 2.05) is 0 Å². The molecule has 0 aromatic heterocycles. The van der Waals surface area contributed by atoms with Crippen LogP contribution in [0.25, 0.3) is 0 Å². The van der Waals surface area contributed by atoms with Gasteiger partial charge in [-0.2, -0.15) is 0 Å². The van der Waals surface area contributed by atoms with Crippen molar-refractivity contribution in [1.82, 2.24) is 10.2 Å². The lowest BCUT2D eigenvalue weighted by Gasteiger charge is -2.21. The molecule has 1 saturated heterocycles. The van der Waals surface area contributed by atoms with E-state index in [0.29, 0.717) is 6.04 Å². The van der Waals surface area contributed by atoms with Crippen LogP contribution in [0.1, 0.15) is 46.5 Å². The van der Waals surface area contributed by atoms with Crippen molar-refractivity contribution in [2.45, 2.75) is 64.6 Å². The molecule has 1 heterocycles. The Kier molecular flexibility index (Phi) is 3.68. The number of nitrogens with zero attached hydrogens (tertiary/aromatic N) is 1. The molecule has 2 unspecified atom stereocenters. The minimum atomic E-state index is 0.689. The lowest BCUT2D eigenvalue weighted by molar-refractivity contribution is 0.309. The summed E-state index contributed by atoms with van der Waals surface area (Å²) in [6.07, 6.45) is 5.57. The second-order valence-corrected chi connectivity index (χ2v) is 5.91. The zero-order chi connectivity index (χ0) is 10.8. The van der Waals surface area contributed by atoms with Gasteiger partial charge in [0.15, 0.2) is 0 Å². The zero-order valence-corrected chi connectivity index (χ0v) is 10.5. The molecule has 2 aliphatic rings. The Morgan fingerprint density at radius 1 is 1.20 bits per heavy atom. The van der Waals surface area contributed by atoms with E-state index in [1.54, 1.807) is 0 Å². The molecule has 1 N–H and O–H groups in total. The molecule has 2 rings (SSSR count). The topological polar surface area (TPSA) is 15.3 Å². The summed E-state index contributed by atoms with van der Waals surface area (Å²) in [5, 5.41) is 3.78. The summed E-state index contributed by atoms with van der Waals surface area (Å²) in [6, 6.07) is 2.41. The highest BCUT2D eigenvalue weighted by molar-refractivity contribution is 4.92. The molecule has 1 aliphatic carbocycles. The predicted molar refractivity (Wildman–Crippen MR) is 65.1 cm³/mol. The van der Waals surface area contributed by atoms with Crippen molar-refractivity contribution in [3.8, 4) is 0 Å². The average Bonchev–Trinajstić information content (AvgIpc) is 2.87. The second-order valence-electron chi connectivity index (χ2n) is 5.91. The standard InChI is InChI=1S/C13H26N2/c1-10(2)8-11(3)14-12-6-7-15(9-12)13-4-5-13/h10-14H,4-9H2,1-3H3. The highest BCUT2D eigenvalue weighted by Crippen LogP contribution is 2.29. The number of rotatable bonds is 5. The van der Waals surface area contributed by atoms with E-state index in [1.165, 1.54) is 38.8 Å². The molecule has 0 amide bonds.